The molecule has 0 amide bonds. The van der Waals surface area contributed by atoms with E-state index in [9.17, 15) is 0 Å². The number of rotatable bonds is 4. The van der Waals surface area contributed by atoms with Gasteiger partial charge in [0.2, 0.25) is 0 Å². The zero-order valence-corrected chi connectivity index (χ0v) is 8.96. The molecule has 13 heavy (non-hydrogen) atoms. The fourth-order valence-electron chi connectivity index (χ4n) is 2.03. The number of aliphatic hydroxyl groups excluding tert-OH is 2. The highest BCUT2D eigenvalue weighted by Crippen LogP contribution is 2.62. The lowest BCUT2D eigenvalue weighted by atomic mass is 10.0. The maximum Gasteiger partial charge on any atom is 0.0895 e. The zero-order valence-electron chi connectivity index (χ0n) is 8.96. The molecule has 78 valence electrons. The SMILES string of the molecule is CC1(C)C(NC[C@H](O)CO)C1(C)C. The zero-order chi connectivity index (χ0) is 10.3. The van der Waals surface area contributed by atoms with Crippen molar-refractivity contribution in [3.05, 3.63) is 0 Å². The molecule has 0 radical (unpaired) electrons. The lowest BCUT2D eigenvalue weighted by Gasteiger charge is -2.09. The monoisotopic (exact) mass is 187 g/mol. The Balaban J connectivity index is 2.34. The summed E-state index contributed by atoms with van der Waals surface area (Å²) >= 11 is 0. The van der Waals surface area contributed by atoms with Gasteiger partial charge in [-0.3, -0.25) is 0 Å². The molecule has 0 saturated heterocycles. The van der Waals surface area contributed by atoms with Crippen LogP contribution in [0, 0.1) is 10.8 Å². The minimum Gasteiger partial charge on any atom is -0.394 e. The largest absolute Gasteiger partial charge is 0.394 e. The van der Waals surface area contributed by atoms with Crippen LogP contribution in [0.15, 0.2) is 0 Å². The smallest absolute Gasteiger partial charge is 0.0895 e. The quantitative estimate of drug-likeness (QED) is 0.596. The lowest BCUT2D eigenvalue weighted by Crippen LogP contribution is -2.33. The van der Waals surface area contributed by atoms with Crippen LogP contribution in [0.1, 0.15) is 27.7 Å². The van der Waals surface area contributed by atoms with Crippen LogP contribution in [0.5, 0.6) is 0 Å². The summed E-state index contributed by atoms with van der Waals surface area (Å²) in [6.45, 7) is 9.19. The summed E-state index contributed by atoms with van der Waals surface area (Å²) in [6.07, 6.45) is -0.632. The van der Waals surface area contributed by atoms with E-state index in [0.717, 1.165) is 0 Å². The van der Waals surface area contributed by atoms with Crippen molar-refractivity contribution in [3.63, 3.8) is 0 Å². The van der Waals surface area contributed by atoms with E-state index in [0.29, 0.717) is 23.4 Å². The highest BCUT2D eigenvalue weighted by molar-refractivity contribution is 5.17. The summed E-state index contributed by atoms with van der Waals surface area (Å²) in [7, 11) is 0. The molecular weight excluding hydrogens is 166 g/mol. The Morgan fingerprint density at radius 2 is 1.69 bits per heavy atom. The Morgan fingerprint density at radius 1 is 1.23 bits per heavy atom. The van der Waals surface area contributed by atoms with E-state index in [1.54, 1.807) is 0 Å². The maximum atomic E-state index is 9.16. The maximum absolute atomic E-state index is 9.16. The molecule has 3 nitrogen and oxygen atoms in total. The van der Waals surface area contributed by atoms with Crippen molar-refractivity contribution < 1.29 is 10.2 Å². The summed E-state index contributed by atoms with van der Waals surface area (Å²) in [5.74, 6) is 0. The van der Waals surface area contributed by atoms with Crippen molar-refractivity contribution in [1.29, 1.82) is 0 Å². The van der Waals surface area contributed by atoms with Gasteiger partial charge in [-0.1, -0.05) is 27.7 Å². The molecule has 1 aliphatic rings. The van der Waals surface area contributed by atoms with Gasteiger partial charge < -0.3 is 15.5 Å². The highest BCUT2D eigenvalue weighted by Gasteiger charge is 2.64. The molecule has 1 rings (SSSR count). The van der Waals surface area contributed by atoms with Gasteiger partial charge in [-0.05, 0) is 10.8 Å². The third kappa shape index (κ3) is 1.73. The van der Waals surface area contributed by atoms with Gasteiger partial charge in [0, 0.05) is 12.6 Å². The van der Waals surface area contributed by atoms with Crippen LogP contribution < -0.4 is 5.32 Å². The molecule has 1 aliphatic carbocycles. The molecule has 3 heteroatoms. The number of hydrogen-bond acceptors (Lipinski definition) is 3. The van der Waals surface area contributed by atoms with Gasteiger partial charge in [-0.2, -0.15) is 0 Å². The fraction of sp³-hybridized carbons (Fsp3) is 1.00. The molecule has 0 unspecified atom stereocenters. The first kappa shape index (κ1) is 11.0. The van der Waals surface area contributed by atoms with Crippen molar-refractivity contribution in [2.24, 2.45) is 10.8 Å². The molecule has 0 aromatic rings. The Hall–Kier alpha value is -0.120. The molecule has 1 fully saturated rings. The van der Waals surface area contributed by atoms with Crippen LogP contribution in [0.4, 0.5) is 0 Å². The van der Waals surface area contributed by atoms with Crippen molar-refractivity contribution in [1.82, 2.24) is 5.32 Å². The van der Waals surface area contributed by atoms with E-state index in [-0.39, 0.29) is 6.61 Å². The van der Waals surface area contributed by atoms with E-state index in [2.05, 4.69) is 33.0 Å². The molecular formula is C10H21NO2. The summed E-state index contributed by atoms with van der Waals surface area (Å²) in [5.41, 5.74) is 0.588. The minimum absolute atomic E-state index is 0.166. The summed E-state index contributed by atoms with van der Waals surface area (Å²) in [4.78, 5) is 0. The predicted molar refractivity (Wildman–Crippen MR) is 52.4 cm³/mol. The van der Waals surface area contributed by atoms with E-state index in [4.69, 9.17) is 10.2 Å². The van der Waals surface area contributed by atoms with Crippen LogP contribution in [0.3, 0.4) is 0 Å². The molecule has 0 heterocycles. The first-order valence-corrected chi connectivity index (χ1v) is 4.86. The summed E-state index contributed by atoms with van der Waals surface area (Å²) < 4.78 is 0. The molecule has 0 spiro atoms. The Bertz CT molecular complexity index is 175. The Morgan fingerprint density at radius 3 is 2.00 bits per heavy atom. The number of nitrogens with one attached hydrogen (secondary N) is 1. The first-order chi connectivity index (χ1) is 5.84. The van der Waals surface area contributed by atoms with Crippen LogP contribution in [-0.2, 0) is 0 Å². The number of hydrogen-bond donors (Lipinski definition) is 3. The summed E-state index contributed by atoms with van der Waals surface area (Å²) in [5, 5.41) is 21.1. The van der Waals surface area contributed by atoms with Crippen molar-refractivity contribution in [2.75, 3.05) is 13.2 Å². The van der Waals surface area contributed by atoms with Crippen molar-refractivity contribution in [2.45, 2.75) is 39.8 Å². The highest BCUT2D eigenvalue weighted by atomic mass is 16.3. The van der Waals surface area contributed by atoms with E-state index in [1.165, 1.54) is 0 Å². The van der Waals surface area contributed by atoms with Crippen LogP contribution in [0.25, 0.3) is 0 Å². The van der Waals surface area contributed by atoms with Gasteiger partial charge in [-0.15, -0.1) is 0 Å². The van der Waals surface area contributed by atoms with Gasteiger partial charge in [0.05, 0.1) is 12.7 Å². The predicted octanol–water partition coefficient (Wildman–Crippen LogP) is 0.364. The number of aliphatic hydroxyl groups is 2. The van der Waals surface area contributed by atoms with Gasteiger partial charge in [0.1, 0.15) is 0 Å². The second kappa shape index (κ2) is 3.23. The second-order valence-electron chi connectivity index (χ2n) is 5.12. The van der Waals surface area contributed by atoms with Crippen LogP contribution in [-0.4, -0.2) is 35.5 Å². The Labute approximate surface area is 80.2 Å². The van der Waals surface area contributed by atoms with Gasteiger partial charge >= 0.3 is 0 Å². The average Bonchev–Trinajstić information content (AvgIpc) is 2.40. The third-order valence-corrected chi connectivity index (χ3v) is 3.79. The lowest BCUT2D eigenvalue weighted by molar-refractivity contribution is 0.0931. The van der Waals surface area contributed by atoms with Gasteiger partial charge in [0.25, 0.3) is 0 Å². The molecule has 0 aromatic carbocycles. The van der Waals surface area contributed by atoms with E-state index in [1.807, 2.05) is 0 Å². The van der Waals surface area contributed by atoms with Crippen molar-refractivity contribution in [3.8, 4) is 0 Å². The average molecular weight is 187 g/mol. The van der Waals surface area contributed by atoms with Crippen LogP contribution >= 0.6 is 0 Å². The molecule has 0 aromatic heterocycles. The molecule has 1 saturated carbocycles. The normalized spacial score (nSPS) is 27.2. The van der Waals surface area contributed by atoms with Gasteiger partial charge in [0.15, 0.2) is 0 Å². The second-order valence-corrected chi connectivity index (χ2v) is 5.12. The van der Waals surface area contributed by atoms with Gasteiger partial charge in [-0.25, -0.2) is 0 Å². The Kier molecular flexibility index (Phi) is 2.72. The minimum atomic E-state index is -0.632. The summed E-state index contributed by atoms with van der Waals surface area (Å²) in [6, 6.07) is 0.446. The molecule has 0 bridgehead atoms. The molecule has 0 aliphatic heterocycles. The van der Waals surface area contributed by atoms with Crippen molar-refractivity contribution >= 4 is 0 Å². The topological polar surface area (TPSA) is 52.5 Å². The first-order valence-electron chi connectivity index (χ1n) is 4.86. The standard InChI is InChI=1S/C10H21NO2/c1-9(2)8(10(9,3)4)11-5-7(13)6-12/h7-8,11-13H,5-6H2,1-4H3/t7-/m0/s1. The van der Waals surface area contributed by atoms with E-state index >= 15 is 0 Å². The van der Waals surface area contributed by atoms with E-state index < -0.39 is 6.10 Å². The molecule has 1 atom stereocenters. The van der Waals surface area contributed by atoms with Crippen LogP contribution in [0.2, 0.25) is 0 Å². The fourth-order valence-corrected chi connectivity index (χ4v) is 2.03. The molecule has 3 N–H and O–H groups in total. The third-order valence-electron chi connectivity index (χ3n) is 3.79.